The Morgan fingerprint density at radius 1 is 1.24 bits per heavy atom. The molecule has 0 fully saturated rings. The minimum absolute atomic E-state index is 0.0195. The van der Waals surface area contributed by atoms with Gasteiger partial charge in [-0.1, -0.05) is 0 Å². The highest BCUT2D eigenvalue weighted by Crippen LogP contribution is 2.38. The van der Waals surface area contributed by atoms with Gasteiger partial charge in [0.2, 0.25) is 0 Å². The molecule has 4 rings (SSSR count). The summed E-state index contributed by atoms with van der Waals surface area (Å²) in [5.74, 6) is -0.921. The van der Waals surface area contributed by atoms with Crippen molar-refractivity contribution in [3.8, 4) is 0 Å². The number of thioether (sulfide) groups is 1. The van der Waals surface area contributed by atoms with Crippen LogP contribution in [0.5, 0.6) is 0 Å². The number of alkyl halides is 3. The number of anilines is 3. The third-order valence-corrected chi connectivity index (χ3v) is 5.78. The first-order valence-electron chi connectivity index (χ1n) is 9.82. The Bertz CT molecular complexity index is 1230. The summed E-state index contributed by atoms with van der Waals surface area (Å²) in [6, 6.07) is 6.90. The molecule has 3 heterocycles. The molecule has 3 aromatic rings. The number of pyridine rings is 1. The molecule has 2 amide bonds. The average Bonchev–Trinajstić information content (AvgIpc) is 3.16. The van der Waals surface area contributed by atoms with Crippen LogP contribution in [0.3, 0.4) is 0 Å². The summed E-state index contributed by atoms with van der Waals surface area (Å²) in [6.45, 7) is 3.88. The van der Waals surface area contributed by atoms with E-state index in [1.807, 2.05) is 6.92 Å². The van der Waals surface area contributed by atoms with Crippen LogP contribution in [0, 0.1) is 6.92 Å². The molecule has 1 aliphatic rings. The van der Waals surface area contributed by atoms with E-state index in [9.17, 15) is 22.8 Å². The molecule has 2 aromatic heterocycles. The zero-order chi connectivity index (χ0) is 23.9. The van der Waals surface area contributed by atoms with Gasteiger partial charge in [0.05, 0.1) is 23.5 Å². The van der Waals surface area contributed by atoms with Crippen molar-refractivity contribution in [2.75, 3.05) is 22.5 Å². The normalized spacial score (nSPS) is 16.0. The van der Waals surface area contributed by atoms with Crippen molar-refractivity contribution in [3.05, 3.63) is 59.5 Å². The van der Waals surface area contributed by atoms with Crippen molar-refractivity contribution in [3.63, 3.8) is 0 Å². The smallest absolute Gasteiger partial charge is 0.383 e. The van der Waals surface area contributed by atoms with Crippen molar-refractivity contribution in [2.45, 2.75) is 30.3 Å². The van der Waals surface area contributed by atoms with Crippen LogP contribution in [0.4, 0.5) is 30.4 Å². The first-order chi connectivity index (χ1) is 15.5. The molecule has 0 saturated heterocycles. The number of carbonyl (C=O) groups is 2. The second-order valence-electron chi connectivity index (χ2n) is 7.56. The zero-order valence-electron chi connectivity index (χ0n) is 17.6. The third kappa shape index (κ3) is 4.65. The lowest BCUT2D eigenvalue weighted by atomic mass is 10.1. The van der Waals surface area contributed by atoms with Gasteiger partial charge in [0.15, 0.2) is 5.69 Å². The van der Waals surface area contributed by atoms with Crippen LogP contribution < -0.4 is 16.0 Å². The Morgan fingerprint density at radius 2 is 1.94 bits per heavy atom. The quantitative estimate of drug-likeness (QED) is 0.545. The number of fused-ring (bicyclic) bond motifs is 1. The van der Waals surface area contributed by atoms with Gasteiger partial charge in [-0.15, -0.1) is 0 Å². The summed E-state index contributed by atoms with van der Waals surface area (Å²) in [7, 11) is 0. The second kappa shape index (κ2) is 8.43. The van der Waals surface area contributed by atoms with Crippen LogP contribution in [0.1, 0.15) is 39.4 Å². The van der Waals surface area contributed by atoms with Gasteiger partial charge in [-0.05, 0) is 61.5 Å². The van der Waals surface area contributed by atoms with E-state index >= 15 is 0 Å². The maximum atomic E-state index is 13.3. The van der Waals surface area contributed by atoms with E-state index in [1.54, 1.807) is 13.0 Å². The topological polar surface area (TPSA) is 106 Å². The van der Waals surface area contributed by atoms with Crippen molar-refractivity contribution in [1.29, 1.82) is 0 Å². The number of nitrogen functional groups attached to an aromatic ring is 1. The van der Waals surface area contributed by atoms with Gasteiger partial charge in [0.1, 0.15) is 5.82 Å². The molecular weight excluding hydrogens is 457 g/mol. The van der Waals surface area contributed by atoms with Crippen LogP contribution >= 0.6 is 11.8 Å². The molecule has 0 unspecified atom stereocenters. The number of hydrogen-bond donors (Lipinski definition) is 2. The fourth-order valence-corrected chi connectivity index (χ4v) is 4.09. The van der Waals surface area contributed by atoms with Crippen LogP contribution in [-0.4, -0.2) is 38.6 Å². The molecule has 0 saturated carbocycles. The Labute approximate surface area is 191 Å². The van der Waals surface area contributed by atoms with E-state index in [1.165, 1.54) is 46.2 Å². The average molecular weight is 476 g/mol. The van der Waals surface area contributed by atoms with Gasteiger partial charge in [-0.3, -0.25) is 14.3 Å². The molecule has 3 N–H and O–H groups in total. The minimum Gasteiger partial charge on any atom is -0.383 e. The predicted octanol–water partition coefficient (Wildman–Crippen LogP) is 4.25. The number of nitrogens with zero attached hydrogens (tertiary/aromatic N) is 4. The fourth-order valence-electron chi connectivity index (χ4n) is 3.56. The Morgan fingerprint density at radius 3 is 2.61 bits per heavy atom. The third-order valence-electron chi connectivity index (χ3n) is 5.04. The van der Waals surface area contributed by atoms with Gasteiger partial charge in [-0.25, -0.2) is 4.98 Å². The number of amides is 2. The molecule has 33 heavy (non-hydrogen) atoms. The molecule has 12 heteroatoms. The van der Waals surface area contributed by atoms with Crippen molar-refractivity contribution in [1.82, 2.24) is 14.8 Å². The lowest BCUT2D eigenvalue weighted by molar-refractivity contribution is -0.0328. The number of aromatic nitrogens is 3. The Hall–Kier alpha value is -3.54. The molecule has 0 spiro atoms. The Kier molecular flexibility index (Phi) is 5.78. The van der Waals surface area contributed by atoms with Gasteiger partial charge in [0, 0.05) is 23.3 Å². The first-order valence-corrected chi connectivity index (χ1v) is 10.6. The van der Waals surface area contributed by atoms with Gasteiger partial charge < -0.3 is 16.0 Å². The van der Waals surface area contributed by atoms with Crippen molar-refractivity contribution < 1.29 is 22.8 Å². The summed E-state index contributed by atoms with van der Waals surface area (Å²) in [5, 5.41) is 6.91. The van der Waals surface area contributed by atoms with Gasteiger partial charge in [0.25, 0.3) is 11.8 Å². The molecular formula is C21H19F3N6O2S. The highest BCUT2D eigenvalue weighted by Gasteiger charge is 2.34. The number of carbonyl (C=O) groups excluding carboxylic acids is 2. The molecule has 8 nitrogen and oxygen atoms in total. The van der Waals surface area contributed by atoms with E-state index in [-0.39, 0.29) is 52.0 Å². The second-order valence-corrected chi connectivity index (χ2v) is 8.70. The fraction of sp³-hybridized carbons (Fsp3) is 0.238. The standard InChI is InChI=1S/C21H19F3N6O2S/c1-11-7-15(18(25)26-8-11)19(31)28-16-9-27-30-12(2)10-29(20(32)17(16)30)13-3-5-14(6-4-13)33-21(22,23)24/h3-9,12H,10H2,1-2H3,(H2,25,26)(H,28,31)/t12-/m0/s1. The SMILES string of the molecule is Cc1cnc(N)c(C(=O)Nc2cnn3c2C(=O)N(c2ccc(SC(F)(F)F)cc2)C[C@@H]3C)c1. The predicted molar refractivity (Wildman–Crippen MR) is 118 cm³/mol. The zero-order valence-corrected chi connectivity index (χ0v) is 18.4. The number of benzene rings is 1. The molecule has 0 radical (unpaired) electrons. The van der Waals surface area contributed by atoms with Crippen LogP contribution in [0.2, 0.25) is 0 Å². The molecule has 0 aliphatic carbocycles. The number of aryl methyl sites for hydroxylation is 1. The minimum atomic E-state index is -4.40. The summed E-state index contributed by atoms with van der Waals surface area (Å²) in [5.41, 5.74) is 3.13. The molecule has 1 aliphatic heterocycles. The lowest BCUT2D eigenvalue weighted by Gasteiger charge is -2.32. The van der Waals surface area contributed by atoms with Gasteiger partial charge >= 0.3 is 5.51 Å². The van der Waals surface area contributed by atoms with Crippen molar-refractivity contribution in [2.24, 2.45) is 0 Å². The van der Waals surface area contributed by atoms with Crippen molar-refractivity contribution >= 4 is 40.8 Å². The van der Waals surface area contributed by atoms with Gasteiger partial charge in [-0.2, -0.15) is 18.3 Å². The van der Waals surface area contributed by atoms with Crippen LogP contribution in [0.25, 0.3) is 0 Å². The number of rotatable bonds is 4. The van der Waals surface area contributed by atoms with E-state index in [0.29, 0.717) is 5.69 Å². The number of nitrogens with one attached hydrogen (secondary N) is 1. The summed E-state index contributed by atoms with van der Waals surface area (Å²) in [6.07, 6.45) is 2.92. The van der Waals surface area contributed by atoms with Crippen LogP contribution in [0.15, 0.2) is 47.6 Å². The largest absolute Gasteiger partial charge is 0.446 e. The Balaban J connectivity index is 1.61. The molecule has 1 atom stereocenters. The van der Waals surface area contributed by atoms with E-state index in [4.69, 9.17) is 5.73 Å². The monoisotopic (exact) mass is 476 g/mol. The number of nitrogens with two attached hydrogens (primary N) is 1. The number of halogens is 3. The molecule has 0 bridgehead atoms. The lowest BCUT2D eigenvalue weighted by Crippen LogP contribution is -2.43. The molecule has 1 aromatic carbocycles. The highest BCUT2D eigenvalue weighted by atomic mass is 32.2. The van der Waals surface area contributed by atoms with E-state index < -0.39 is 17.3 Å². The number of hydrogen-bond acceptors (Lipinski definition) is 6. The van der Waals surface area contributed by atoms with E-state index in [0.717, 1.165) is 5.56 Å². The van der Waals surface area contributed by atoms with E-state index in [2.05, 4.69) is 15.4 Å². The first kappa shape index (κ1) is 22.6. The summed E-state index contributed by atoms with van der Waals surface area (Å²) in [4.78, 5) is 31.5. The molecule has 172 valence electrons. The summed E-state index contributed by atoms with van der Waals surface area (Å²) >= 11 is -0.224. The van der Waals surface area contributed by atoms with Crippen LogP contribution in [-0.2, 0) is 0 Å². The highest BCUT2D eigenvalue weighted by molar-refractivity contribution is 8.00. The maximum absolute atomic E-state index is 13.3. The maximum Gasteiger partial charge on any atom is 0.446 e. The summed E-state index contributed by atoms with van der Waals surface area (Å²) < 4.78 is 39.3.